The Kier molecular flexibility index (Phi) is 8.90. The summed E-state index contributed by atoms with van der Waals surface area (Å²) in [6.45, 7) is 2.26. The monoisotopic (exact) mass is 546 g/mol. The van der Waals surface area contributed by atoms with Gasteiger partial charge in [0.2, 0.25) is 0 Å². The lowest BCUT2D eigenvalue weighted by atomic mass is 10.1. The Labute approximate surface area is 216 Å². The maximum atomic E-state index is 15.7. The molecule has 1 saturated heterocycles. The Bertz CT molecular complexity index is 1370. The average molecular weight is 546 g/mol. The van der Waals surface area contributed by atoms with E-state index >= 15 is 4.39 Å². The number of hydrogen-bond donors (Lipinski definition) is 2. The number of alkyl halides is 1. The van der Waals surface area contributed by atoms with Crippen molar-refractivity contribution in [3.8, 4) is 6.07 Å². The van der Waals surface area contributed by atoms with Crippen molar-refractivity contribution in [1.29, 1.82) is 5.26 Å². The van der Waals surface area contributed by atoms with Crippen molar-refractivity contribution in [2.45, 2.75) is 31.0 Å². The van der Waals surface area contributed by atoms with E-state index in [9.17, 15) is 14.5 Å². The molecule has 2 unspecified atom stereocenters. The molecule has 38 heavy (non-hydrogen) atoms. The van der Waals surface area contributed by atoms with Gasteiger partial charge in [-0.3, -0.25) is 22.9 Å². The van der Waals surface area contributed by atoms with Crippen LogP contribution in [0, 0.1) is 11.3 Å². The maximum absolute atomic E-state index is 15.7. The van der Waals surface area contributed by atoms with Gasteiger partial charge in [0, 0.05) is 5.56 Å². The Balaban J connectivity index is 1.57. The summed E-state index contributed by atoms with van der Waals surface area (Å²) in [5.41, 5.74) is 0.689. The molecular formula is C23H24FN6O7P. The number of aliphatic hydroxyl groups is 1. The number of benzene rings is 1. The van der Waals surface area contributed by atoms with Crippen molar-refractivity contribution in [2.75, 3.05) is 25.1 Å². The van der Waals surface area contributed by atoms with Crippen LogP contribution in [0.25, 0.3) is 11.2 Å². The second-order valence-electron chi connectivity index (χ2n) is 7.90. The number of carbonyl (C=O) groups excluding carboxylic acids is 1. The molecule has 0 saturated carbocycles. The molecule has 0 aliphatic carbocycles. The number of nitrogens with zero attached hydrogens (tertiary/aromatic N) is 5. The van der Waals surface area contributed by atoms with Crippen molar-refractivity contribution >= 4 is 30.7 Å². The summed E-state index contributed by atoms with van der Waals surface area (Å²) in [5, 5.41) is 21.2. The van der Waals surface area contributed by atoms with Gasteiger partial charge < -0.3 is 15.2 Å². The molecule has 200 valence electrons. The van der Waals surface area contributed by atoms with Crippen LogP contribution in [0.3, 0.4) is 0 Å². The minimum atomic E-state index is -4.36. The number of nitrogens with one attached hydrogen (secondary N) is 1. The van der Waals surface area contributed by atoms with Crippen LogP contribution in [0.1, 0.15) is 23.0 Å². The van der Waals surface area contributed by atoms with Crippen LogP contribution in [0.4, 0.5) is 10.2 Å². The van der Waals surface area contributed by atoms with Crippen molar-refractivity contribution in [3.63, 3.8) is 0 Å². The fourth-order valence-corrected chi connectivity index (χ4v) is 5.03. The molecule has 15 heteroatoms. The molecule has 1 amide bonds. The Hall–Kier alpha value is -3.57. The number of amides is 1. The topological polar surface area (TPSA) is 171 Å². The van der Waals surface area contributed by atoms with Crippen LogP contribution < -0.4 is 5.32 Å². The zero-order chi connectivity index (χ0) is 27.1. The Morgan fingerprint density at radius 3 is 2.82 bits per heavy atom. The molecule has 3 aromatic rings. The number of halogens is 1. The summed E-state index contributed by atoms with van der Waals surface area (Å²) in [6.07, 6.45) is -2.63. The van der Waals surface area contributed by atoms with E-state index in [1.807, 2.05) is 6.07 Å². The second-order valence-corrected chi connectivity index (χ2v) is 9.52. The van der Waals surface area contributed by atoms with Gasteiger partial charge >= 0.3 is 7.82 Å². The molecule has 3 heterocycles. The van der Waals surface area contributed by atoms with Crippen LogP contribution in [-0.4, -0.2) is 68.7 Å². The third-order valence-corrected chi connectivity index (χ3v) is 6.88. The lowest BCUT2D eigenvalue weighted by Crippen LogP contribution is -2.33. The predicted molar refractivity (Wildman–Crippen MR) is 130 cm³/mol. The largest absolute Gasteiger partial charge is 0.475 e. The Morgan fingerprint density at radius 2 is 2.11 bits per heavy atom. The van der Waals surface area contributed by atoms with Gasteiger partial charge in [-0.1, -0.05) is 24.3 Å². The average Bonchev–Trinajstić information content (AvgIpc) is 3.49. The molecule has 13 nitrogen and oxygen atoms in total. The number of imidazole rings is 1. The number of ether oxygens (including phenoxy) is 1. The van der Waals surface area contributed by atoms with E-state index < -0.39 is 44.9 Å². The normalized spacial score (nSPS) is 22.6. The second kappa shape index (κ2) is 12.3. The molecule has 2 N–H and O–H groups in total. The highest BCUT2D eigenvalue weighted by molar-refractivity contribution is 7.48. The summed E-state index contributed by atoms with van der Waals surface area (Å²) in [6, 6.07) is 10.3. The fraction of sp³-hybridized carbons (Fsp3) is 0.348. The third kappa shape index (κ3) is 5.94. The summed E-state index contributed by atoms with van der Waals surface area (Å²) in [7, 11) is -4.36. The van der Waals surface area contributed by atoms with Crippen molar-refractivity contribution < 1.29 is 37.2 Å². The minimum absolute atomic E-state index is 0.0933. The molecule has 1 aliphatic rings. The number of rotatable bonds is 12. The molecule has 0 radical (unpaired) electrons. The van der Waals surface area contributed by atoms with Gasteiger partial charge in [0.15, 0.2) is 29.4 Å². The standard InChI is InChI=1S/C23H24FN6O7P/c1-2-10-34-38(33,35-11-6-9-25)37-19-16(12-31)36-23(17(19)24)30-14-28-18-20(26-13-27-21(18)30)29-22(32)15-7-4-3-5-8-15/h2-5,7-8,13-14,16-17,19,23,31H,1,6,10-12H2,(H,26,27,29,32)/t16-,17-,19?,23-,38?/m1/s1. The first-order chi connectivity index (χ1) is 18.4. The highest BCUT2D eigenvalue weighted by Gasteiger charge is 2.51. The van der Waals surface area contributed by atoms with E-state index in [0.29, 0.717) is 5.56 Å². The number of anilines is 1. The molecule has 0 spiro atoms. The molecule has 5 atom stereocenters. The molecule has 1 fully saturated rings. The number of nitriles is 1. The number of phosphoric acid groups is 1. The van der Waals surface area contributed by atoms with E-state index in [-0.39, 0.29) is 36.6 Å². The van der Waals surface area contributed by atoms with Crippen molar-refractivity contribution in [3.05, 3.63) is 61.2 Å². The molecule has 1 aromatic carbocycles. The van der Waals surface area contributed by atoms with Gasteiger partial charge in [0.05, 0.1) is 38.6 Å². The van der Waals surface area contributed by atoms with Crippen molar-refractivity contribution in [2.24, 2.45) is 0 Å². The number of aliphatic hydroxyl groups excluding tert-OH is 1. The zero-order valence-corrected chi connectivity index (χ0v) is 20.8. The minimum Gasteiger partial charge on any atom is -0.394 e. The van der Waals surface area contributed by atoms with Gasteiger partial charge in [-0.05, 0) is 12.1 Å². The van der Waals surface area contributed by atoms with Crippen LogP contribution in [0.15, 0.2) is 55.6 Å². The highest BCUT2D eigenvalue weighted by Crippen LogP contribution is 2.53. The van der Waals surface area contributed by atoms with Gasteiger partial charge in [-0.25, -0.2) is 23.9 Å². The lowest BCUT2D eigenvalue weighted by Gasteiger charge is -2.24. The van der Waals surface area contributed by atoms with E-state index in [1.54, 1.807) is 30.3 Å². The van der Waals surface area contributed by atoms with Crippen LogP contribution in [-0.2, 0) is 22.9 Å². The number of aromatic nitrogens is 4. The maximum Gasteiger partial charge on any atom is 0.475 e. The highest BCUT2D eigenvalue weighted by atomic mass is 31.2. The summed E-state index contributed by atoms with van der Waals surface area (Å²) in [5.74, 6) is -0.336. The number of phosphoric ester groups is 1. The fourth-order valence-electron chi connectivity index (χ4n) is 3.68. The van der Waals surface area contributed by atoms with E-state index in [1.165, 1.54) is 23.3 Å². The van der Waals surface area contributed by atoms with E-state index in [2.05, 4.69) is 26.8 Å². The molecule has 0 bridgehead atoms. The summed E-state index contributed by atoms with van der Waals surface area (Å²) < 4.78 is 51.4. The predicted octanol–water partition coefficient (Wildman–Crippen LogP) is 2.93. The molecule has 1 aliphatic heterocycles. The first-order valence-corrected chi connectivity index (χ1v) is 12.9. The lowest BCUT2D eigenvalue weighted by molar-refractivity contribution is -0.0470. The number of hydrogen-bond acceptors (Lipinski definition) is 11. The molecular weight excluding hydrogens is 522 g/mol. The smallest absolute Gasteiger partial charge is 0.394 e. The summed E-state index contributed by atoms with van der Waals surface area (Å²) in [4.78, 5) is 25.0. The van der Waals surface area contributed by atoms with Gasteiger partial charge in [-0.2, -0.15) is 5.26 Å². The van der Waals surface area contributed by atoms with Gasteiger partial charge in [0.1, 0.15) is 18.5 Å². The molecule has 2 aromatic heterocycles. The number of carbonyl (C=O) groups is 1. The first-order valence-electron chi connectivity index (χ1n) is 11.4. The molecule has 4 rings (SSSR count). The zero-order valence-electron chi connectivity index (χ0n) is 19.9. The quantitative estimate of drug-likeness (QED) is 0.194. The van der Waals surface area contributed by atoms with Crippen LogP contribution >= 0.6 is 7.82 Å². The van der Waals surface area contributed by atoms with Gasteiger partial charge in [0.25, 0.3) is 5.91 Å². The first kappa shape index (κ1) is 27.5. The SMILES string of the molecule is C=CCOP(=O)(OCCC#N)OC1[C@@H](F)[C@H](n2cnc3c(NC(=O)c4ccccc4)ncnc32)O[C@@H]1CO. The number of fused-ring (bicyclic) bond motifs is 1. The Morgan fingerprint density at radius 1 is 1.32 bits per heavy atom. The van der Waals surface area contributed by atoms with Crippen LogP contribution in [0.5, 0.6) is 0 Å². The van der Waals surface area contributed by atoms with E-state index in [4.69, 9.17) is 23.6 Å². The van der Waals surface area contributed by atoms with Crippen LogP contribution in [0.2, 0.25) is 0 Å². The van der Waals surface area contributed by atoms with Gasteiger partial charge in [-0.15, -0.1) is 6.58 Å². The van der Waals surface area contributed by atoms with E-state index in [0.717, 1.165) is 0 Å². The van der Waals surface area contributed by atoms with Crippen molar-refractivity contribution in [1.82, 2.24) is 19.5 Å². The third-order valence-electron chi connectivity index (χ3n) is 5.41. The summed E-state index contributed by atoms with van der Waals surface area (Å²) >= 11 is 0.